The number of halogens is 6. The first-order chi connectivity index (χ1) is 14.4. The zero-order valence-corrected chi connectivity index (χ0v) is 15.8. The van der Waals surface area contributed by atoms with Crippen molar-refractivity contribution in [3.05, 3.63) is 24.0 Å². The first kappa shape index (κ1) is 22.6. The molecule has 1 aliphatic heterocycles. The summed E-state index contributed by atoms with van der Waals surface area (Å²) in [5.41, 5.74) is 0.102. The van der Waals surface area contributed by atoms with E-state index in [1.54, 1.807) is 0 Å². The number of likely N-dealkylation sites (tertiary alicyclic amines) is 1. The number of piperidine rings is 1. The molecule has 1 aromatic rings. The molecule has 13 heteroatoms. The number of nitrogens with one attached hydrogen (secondary N) is 1. The van der Waals surface area contributed by atoms with E-state index >= 15 is 0 Å². The maximum atomic E-state index is 12.6. The number of hydrogen-bond donors (Lipinski definition) is 1. The number of rotatable bonds is 3. The second-order valence-corrected chi connectivity index (χ2v) is 7.49. The highest BCUT2D eigenvalue weighted by molar-refractivity contribution is 5.95. The normalized spacial score (nSPS) is 20.3. The number of alkyl halides is 6. The second-order valence-electron chi connectivity index (χ2n) is 7.49. The fourth-order valence-electron chi connectivity index (χ4n) is 3.66. The first-order valence-corrected chi connectivity index (χ1v) is 9.12. The fraction of sp³-hybridized carbons (Fsp3) is 0.556. The summed E-state index contributed by atoms with van der Waals surface area (Å²) in [5, 5.41) is 11.4. The van der Waals surface area contributed by atoms with Gasteiger partial charge in [-0.1, -0.05) is 0 Å². The van der Waals surface area contributed by atoms with E-state index in [1.807, 2.05) is 6.07 Å². The summed E-state index contributed by atoms with van der Waals surface area (Å²) in [6.07, 6.45) is -15.1. The van der Waals surface area contributed by atoms with E-state index in [4.69, 9.17) is 5.26 Å². The van der Waals surface area contributed by atoms with Crippen LogP contribution in [-0.2, 0) is 9.53 Å². The number of amides is 2. The van der Waals surface area contributed by atoms with Crippen LogP contribution in [-0.4, -0.2) is 53.4 Å². The van der Waals surface area contributed by atoms with Gasteiger partial charge in [0.25, 0.3) is 6.10 Å². The van der Waals surface area contributed by atoms with Gasteiger partial charge >= 0.3 is 18.4 Å². The van der Waals surface area contributed by atoms with Crippen LogP contribution in [0, 0.1) is 22.7 Å². The Morgan fingerprint density at radius 1 is 1.19 bits per heavy atom. The van der Waals surface area contributed by atoms with Crippen LogP contribution in [0.25, 0.3) is 0 Å². The summed E-state index contributed by atoms with van der Waals surface area (Å²) in [5.74, 6) is -0.712. The Morgan fingerprint density at radius 2 is 1.81 bits per heavy atom. The van der Waals surface area contributed by atoms with Crippen LogP contribution in [0.1, 0.15) is 25.0 Å². The first-order valence-electron chi connectivity index (χ1n) is 9.12. The Morgan fingerprint density at radius 3 is 2.29 bits per heavy atom. The standard InChI is InChI=1S/C18H16F6N4O3/c19-17(20,21)14(18(22,23)24)31-15(30)28-5-3-16(4-6-28)7-12(16)13(29)27-11-2-1-10(8-25)26-9-11/h1-2,9,12,14H,3-7H2,(H,27,29). The van der Waals surface area contributed by atoms with Crippen molar-refractivity contribution in [3.8, 4) is 6.07 Å². The molecule has 7 nitrogen and oxygen atoms in total. The highest BCUT2D eigenvalue weighted by atomic mass is 19.4. The molecular weight excluding hydrogens is 434 g/mol. The molecule has 3 rings (SSSR count). The highest BCUT2D eigenvalue weighted by Gasteiger charge is 2.61. The zero-order valence-electron chi connectivity index (χ0n) is 15.8. The molecule has 2 amide bonds. The summed E-state index contributed by atoms with van der Waals surface area (Å²) in [6, 6.07) is 4.78. The van der Waals surface area contributed by atoms with Crippen molar-refractivity contribution >= 4 is 17.7 Å². The molecule has 1 aromatic heterocycles. The predicted octanol–water partition coefficient (Wildman–Crippen LogP) is 3.62. The molecule has 168 valence electrons. The third-order valence-electron chi connectivity index (χ3n) is 5.48. The number of anilines is 1. The van der Waals surface area contributed by atoms with Crippen LogP contribution in [0.15, 0.2) is 18.3 Å². The molecule has 2 aliphatic rings. The van der Waals surface area contributed by atoms with Gasteiger partial charge in [0.15, 0.2) is 0 Å². The van der Waals surface area contributed by atoms with Gasteiger partial charge in [-0.2, -0.15) is 31.6 Å². The van der Waals surface area contributed by atoms with Gasteiger partial charge in [-0.25, -0.2) is 9.78 Å². The van der Waals surface area contributed by atoms with Crippen molar-refractivity contribution in [3.63, 3.8) is 0 Å². The molecule has 1 N–H and O–H groups in total. The topological polar surface area (TPSA) is 95.3 Å². The van der Waals surface area contributed by atoms with Crippen LogP contribution in [0.3, 0.4) is 0 Å². The van der Waals surface area contributed by atoms with Gasteiger partial charge in [0, 0.05) is 19.0 Å². The molecule has 2 fully saturated rings. The third-order valence-corrected chi connectivity index (χ3v) is 5.48. The molecule has 1 aliphatic carbocycles. The maximum Gasteiger partial charge on any atom is 0.434 e. The largest absolute Gasteiger partial charge is 0.434 e. The lowest BCUT2D eigenvalue weighted by atomic mass is 9.91. The summed E-state index contributed by atoms with van der Waals surface area (Å²) < 4.78 is 79.1. The summed E-state index contributed by atoms with van der Waals surface area (Å²) in [6.45, 7) is -0.243. The van der Waals surface area contributed by atoms with Gasteiger partial charge < -0.3 is 15.0 Å². The predicted molar refractivity (Wildman–Crippen MR) is 91.3 cm³/mol. The smallest absolute Gasteiger partial charge is 0.426 e. The summed E-state index contributed by atoms with van der Waals surface area (Å²) in [4.78, 5) is 28.9. The van der Waals surface area contributed by atoms with Crippen molar-refractivity contribution in [2.75, 3.05) is 18.4 Å². The average Bonchev–Trinajstić information content (AvgIpc) is 3.38. The monoisotopic (exact) mass is 450 g/mol. The van der Waals surface area contributed by atoms with Crippen molar-refractivity contribution in [1.29, 1.82) is 5.26 Å². The Kier molecular flexibility index (Phi) is 5.77. The van der Waals surface area contributed by atoms with Gasteiger partial charge in [-0.05, 0) is 36.8 Å². The lowest BCUT2D eigenvalue weighted by molar-refractivity contribution is -0.308. The van der Waals surface area contributed by atoms with Crippen LogP contribution in [0.5, 0.6) is 0 Å². The van der Waals surface area contributed by atoms with Crippen LogP contribution < -0.4 is 5.32 Å². The number of carbonyl (C=O) groups is 2. The minimum absolute atomic E-state index is 0.122. The summed E-state index contributed by atoms with van der Waals surface area (Å²) in [7, 11) is 0. The van der Waals surface area contributed by atoms with Crippen molar-refractivity contribution in [2.45, 2.75) is 37.7 Å². The van der Waals surface area contributed by atoms with Gasteiger partial charge in [-0.3, -0.25) is 4.79 Å². The number of nitriles is 1. The van der Waals surface area contributed by atoms with E-state index < -0.39 is 35.9 Å². The lowest BCUT2D eigenvalue weighted by Crippen LogP contribution is -2.49. The van der Waals surface area contributed by atoms with Crippen molar-refractivity contribution in [1.82, 2.24) is 9.88 Å². The molecule has 1 atom stereocenters. The highest BCUT2D eigenvalue weighted by Crippen LogP contribution is 2.59. The fourth-order valence-corrected chi connectivity index (χ4v) is 3.66. The molecule has 1 saturated heterocycles. The SMILES string of the molecule is N#Cc1ccc(NC(=O)C2CC23CCN(C(=O)OC(C(F)(F)F)C(F)(F)F)CC3)cn1. The van der Waals surface area contributed by atoms with E-state index in [0.29, 0.717) is 12.1 Å². The Hall–Kier alpha value is -3.04. The Labute approximate surface area is 172 Å². The van der Waals surface area contributed by atoms with E-state index in [9.17, 15) is 35.9 Å². The average molecular weight is 450 g/mol. The molecule has 0 bridgehead atoms. The summed E-state index contributed by atoms with van der Waals surface area (Å²) >= 11 is 0. The van der Waals surface area contributed by atoms with Crippen LogP contribution in [0.2, 0.25) is 0 Å². The maximum absolute atomic E-state index is 12.6. The third kappa shape index (κ3) is 5.00. The van der Waals surface area contributed by atoms with E-state index in [2.05, 4.69) is 15.0 Å². The zero-order chi connectivity index (χ0) is 23.0. The van der Waals surface area contributed by atoms with Crippen molar-refractivity contribution in [2.24, 2.45) is 11.3 Å². The molecule has 1 spiro atoms. The number of hydrogen-bond acceptors (Lipinski definition) is 5. The second kappa shape index (κ2) is 7.90. The number of ether oxygens (including phenoxy) is 1. The van der Waals surface area contributed by atoms with Gasteiger partial charge in [0.1, 0.15) is 11.8 Å². The van der Waals surface area contributed by atoms with Gasteiger partial charge in [0.05, 0.1) is 11.9 Å². The van der Waals surface area contributed by atoms with Crippen molar-refractivity contribution < 1.29 is 40.7 Å². The molecule has 31 heavy (non-hydrogen) atoms. The number of pyridine rings is 1. The molecule has 0 radical (unpaired) electrons. The number of aromatic nitrogens is 1. The van der Waals surface area contributed by atoms with Crippen LogP contribution in [0.4, 0.5) is 36.8 Å². The molecule has 2 heterocycles. The van der Waals surface area contributed by atoms with E-state index in [0.717, 1.165) is 4.90 Å². The molecule has 1 unspecified atom stereocenters. The molecular formula is C18H16F6N4O3. The van der Waals surface area contributed by atoms with E-state index in [-0.39, 0.29) is 37.5 Å². The van der Waals surface area contributed by atoms with Gasteiger partial charge in [0.2, 0.25) is 5.91 Å². The number of carbonyl (C=O) groups excluding carboxylic acids is 2. The minimum Gasteiger partial charge on any atom is -0.426 e. The quantitative estimate of drug-likeness (QED) is 0.710. The minimum atomic E-state index is -5.77. The Bertz CT molecular complexity index is 872. The van der Waals surface area contributed by atoms with E-state index in [1.165, 1.54) is 18.3 Å². The Balaban J connectivity index is 1.53. The molecule has 0 aromatic carbocycles. The van der Waals surface area contributed by atoms with Crippen LogP contribution >= 0.6 is 0 Å². The molecule has 1 saturated carbocycles. The van der Waals surface area contributed by atoms with Gasteiger partial charge in [-0.15, -0.1) is 0 Å². The number of nitrogens with zero attached hydrogens (tertiary/aromatic N) is 3. The lowest BCUT2D eigenvalue weighted by Gasteiger charge is -2.33.